The van der Waals surface area contributed by atoms with E-state index in [1.165, 1.54) is 50.5 Å². The molecule has 0 bridgehead atoms. The van der Waals surface area contributed by atoms with Crippen molar-refractivity contribution in [1.29, 1.82) is 0 Å². The van der Waals surface area contributed by atoms with Crippen molar-refractivity contribution in [2.75, 3.05) is 11.9 Å². The number of allylic oxidation sites excluding steroid dienone is 5. The number of fused-ring (bicyclic) bond motifs is 2. The molecule has 0 amide bonds. The molecule has 228 valence electrons. The fraction of sp³-hybridized carbons (Fsp3) is 0.474. The molecule has 1 atom stereocenters. The number of halogens is 1. The molecule has 4 nitrogen and oxygen atoms in total. The Kier molecular flexibility index (Phi) is 9.09. The minimum absolute atomic E-state index is 0.0567. The van der Waals surface area contributed by atoms with Gasteiger partial charge in [0.05, 0.1) is 5.41 Å². The van der Waals surface area contributed by atoms with E-state index in [0.717, 1.165) is 56.5 Å². The number of hydrogen-bond acceptors (Lipinski definition) is 2. The maximum Gasteiger partial charge on any atom is 0.303 e. The van der Waals surface area contributed by atoms with Gasteiger partial charge in [0.25, 0.3) is 0 Å². The quantitative estimate of drug-likeness (QED) is 0.211. The summed E-state index contributed by atoms with van der Waals surface area (Å²) in [6, 6.07) is 13.8. The largest absolute Gasteiger partial charge is 0.481 e. The fourth-order valence-electron chi connectivity index (χ4n) is 7.16. The molecule has 0 spiro atoms. The van der Waals surface area contributed by atoms with Crippen LogP contribution >= 0.6 is 11.6 Å². The van der Waals surface area contributed by atoms with Gasteiger partial charge in [-0.25, -0.2) is 0 Å². The van der Waals surface area contributed by atoms with E-state index in [-0.39, 0.29) is 17.3 Å². The third-order valence-corrected chi connectivity index (χ3v) is 10.4. The summed E-state index contributed by atoms with van der Waals surface area (Å²) in [6.45, 7) is 14.5. The van der Waals surface area contributed by atoms with Crippen molar-refractivity contribution in [3.8, 4) is 0 Å². The van der Waals surface area contributed by atoms with Crippen LogP contribution < -0.4 is 5.32 Å². The first-order valence-corrected chi connectivity index (χ1v) is 16.4. The van der Waals surface area contributed by atoms with Gasteiger partial charge in [0.1, 0.15) is 6.54 Å². The SMILES string of the molecule is Cc1ccc2c(c1)C(C)(C)C(/C=C/C1=C(Cl)C(=C/CC3Nc4ccc(C)cc4C3(C)C)/CCC1)=[N+]2CCCCCC(=O)O. The van der Waals surface area contributed by atoms with Crippen molar-refractivity contribution >= 4 is 34.7 Å². The molecular weight excluding hydrogens is 552 g/mol. The zero-order valence-corrected chi connectivity index (χ0v) is 27.6. The minimum atomic E-state index is -0.715. The number of nitrogens with one attached hydrogen (secondary N) is 1. The van der Waals surface area contributed by atoms with Crippen LogP contribution in [-0.2, 0) is 15.6 Å². The molecule has 2 N–H and O–H groups in total. The van der Waals surface area contributed by atoms with E-state index >= 15 is 0 Å². The number of unbranched alkanes of at least 4 members (excludes halogenated alkanes) is 2. The van der Waals surface area contributed by atoms with Gasteiger partial charge in [-0.3, -0.25) is 4.79 Å². The van der Waals surface area contributed by atoms with Gasteiger partial charge in [0, 0.05) is 52.7 Å². The second kappa shape index (κ2) is 12.5. The smallest absolute Gasteiger partial charge is 0.303 e. The van der Waals surface area contributed by atoms with Gasteiger partial charge in [-0.15, -0.1) is 0 Å². The van der Waals surface area contributed by atoms with Crippen LogP contribution in [0.4, 0.5) is 11.4 Å². The molecule has 1 unspecified atom stereocenters. The topological polar surface area (TPSA) is 52.3 Å². The molecule has 3 aliphatic rings. The molecule has 0 aromatic heterocycles. The third-order valence-electron chi connectivity index (χ3n) is 9.89. The highest BCUT2D eigenvalue weighted by molar-refractivity contribution is 6.32. The van der Waals surface area contributed by atoms with Gasteiger partial charge in [-0.1, -0.05) is 66.9 Å². The lowest BCUT2D eigenvalue weighted by Gasteiger charge is -2.27. The monoisotopic (exact) mass is 599 g/mol. The first kappa shape index (κ1) is 31.3. The Morgan fingerprint density at radius 3 is 2.47 bits per heavy atom. The lowest BCUT2D eigenvalue weighted by atomic mass is 9.78. The minimum Gasteiger partial charge on any atom is -0.481 e. The van der Waals surface area contributed by atoms with Gasteiger partial charge in [-0.2, -0.15) is 4.58 Å². The van der Waals surface area contributed by atoms with Gasteiger partial charge < -0.3 is 10.4 Å². The lowest BCUT2D eigenvalue weighted by Crippen LogP contribution is -2.32. The fourth-order valence-corrected chi connectivity index (χ4v) is 7.49. The Morgan fingerprint density at radius 1 is 1.00 bits per heavy atom. The van der Waals surface area contributed by atoms with Gasteiger partial charge >= 0.3 is 5.97 Å². The molecule has 0 fully saturated rings. The average Bonchev–Trinajstić information content (AvgIpc) is 3.32. The molecule has 0 radical (unpaired) electrons. The van der Waals surface area contributed by atoms with Crippen molar-refractivity contribution in [3.05, 3.63) is 93.1 Å². The number of carbonyl (C=O) groups is 1. The van der Waals surface area contributed by atoms with E-state index in [2.05, 4.69) is 106 Å². The molecule has 5 heteroatoms. The van der Waals surface area contributed by atoms with Crippen LogP contribution in [0.3, 0.4) is 0 Å². The van der Waals surface area contributed by atoms with E-state index in [1.807, 2.05) is 0 Å². The van der Waals surface area contributed by atoms with E-state index in [9.17, 15) is 4.79 Å². The van der Waals surface area contributed by atoms with Crippen LogP contribution in [-0.4, -0.2) is 33.9 Å². The normalized spacial score (nSPS) is 21.5. The molecule has 2 aliphatic heterocycles. The standard InChI is InChI=1S/C38H47ClN2O2/c1-25-14-18-31-29(23-25)37(3,4)33(40-31)20-16-27-11-10-12-28(36(27)39)17-21-34-38(5,6)30-24-26(2)15-19-32(30)41(34)22-9-7-8-13-35(42)43/h14-19,21,23-24,33,40H,7-13,20,22H2,1-6H3/p+1/b21-17+,27-16+. The summed E-state index contributed by atoms with van der Waals surface area (Å²) in [4.78, 5) is 11.0. The molecule has 2 aromatic carbocycles. The third kappa shape index (κ3) is 6.41. The summed E-state index contributed by atoms with van der Waals surface area (Å²) in [5.74, 6) is -0.715. The highest BCUT2D eigenvalue weighted by Crippen LogP contribution is 2.44. The first-order chi connectivity index (χ1) is 20.4. The Labute approximate surface area is 263 Å². The number of anilines is 1. The van der Waals surface area contributed by atoms with E-state index < -0.39 is 5.97 Å². The maximum absolute atomic E-state index is 11.0. The second-order valence-corrected chi connectivity index (χ2v) is 14.2. The summed E-state index contributed by atoms with van der Waals surface area (Å²) in [5, 5.41) is 13.7. The molecule has 2 heterocycles. The number of carboxylic acid groups (broad SMARTS) is 1. The van der Waals surface area contributed by atoms with Crippen LogP contribution in [0, 0.1) is 13.8 Å². The average molecular weight is 600 g/mol. The van der Waals surface area contributed by atoms with Crippen molar-refractivity contribution < 1.29 is 14.5 Å². The summed E-state index contributed by atoms with van der Waals surface area (Å²) < 4.78 is 2.45. The van der Waals surface area contributed by atoms with E-state index in [4.69, 9.17) is 16.7 Å². The Bertz CT molecular complexity index is 1540. The van der Waals surface area contributed by atoms with Crippen LogP contribution in [0.5, 0.6) is 0 Å². The number of nitrogens with zero attached hydrogens (tertiary/aromatic N) is 1. The maximum atomic E-state index is 11.0. The Morgan fingerprint density at radius 2 is 1.72 bits per heavy atom. The summed E-state index contributed by atoms with van der Waals surface area (Å²) in [6.07, 6.45) is 13.8. The van der Waals surface area contributed by atoms with Gasteiger partial charge in [0.15, 0.2) is 5.71 Å². The zero-order valence-electron chi connectivity index (χ0n) is 26.8. The number of benzene rings is 2. The van der Waals surface area contributed by atoms with E-state index in [0.29, 0.717) is 6.04 Å². The van der Waals surface area contributed by atoms with Crippen molar-refractivity contribution in [2.45, 2.75) is 110 Å². The lowest BCUT2D eigenvalue weighted by molar-refractivity contribution is -0.438. The van der Waals surface area contributed by atoms with Crippen LogP contribution in [0.25, 0.3) is 0 Å². The zero-order chi connectivity index (χ0) is 30.9. The Balaban J connectivity index is 1.38. The summed E-state index contributed by atoms with van der Waals surface area (Å²) in [7, 11) is 0. The number of rotatable bonds is 10. The van der Waals surface area contributed by atoms with Crippen molar-refractivity contribution in [1.82, 2.24) is 0 Å². The molecule has 1 aliphatic carbocycles. The van der Waals surface area contributed by atoms with Crippen LogP contribution in [0.1, 0.15) is 101 Å². The molecule has 0 saturated heterocycles. The number of aliphatic carboxylic acids is 1. The number of aryl methyl sites for hydroxylation is 2. The first-order valence-electron chi connectivity index (χ1n) is 16.0. The number of carboxylic acids is 1. The van der Waals surface area contributed by atoms with Crippen molar-refractivity contribution in [3.63, 3.8) is 0 Å². The molecule has 43 heavy (non-hydrogen) atoms. The van der Waals surface area contributed by atoms with Gasteiger partial charge in [-0.05, 0) is 95.1 Å². The summed E-state index contributed by atoms with van der Waals surface area (Å²) >= 11 is 7.13. The molecule has 5 rings (SSSR count). The predicted octanol–water partition coefficient (Wildman–Crippen LogP) is 9.65. The molecular formula is C38H48ClN2O2+. The molecule has 2 aromatic rings. The van der Waals surface area contributed by atoms with Crippen molar-refractivity contribution in [2.24, 2.45) is 0 Å². The van der Waals surface area contributed by atoms with Crippen LogP contribution in [0.2, 0.25) is 0 Å². The summed E-state index contributed by atoms with van der Waals surface area (Å²) in [5.41, 5.74) is 11.5. The molecule has 0 saturated carbocycles. The number of hydrogen-bond donors (Lipinski definition) is 2. The predicted molar refractivity (Wildman–Crippen MR) is 180 cm³/mol. The second-order valence-electron chi connectivity index (χ2n) is 13.8. The van der Waals surface area contributed by atoms with Gasteiger partial charge in [0.2, 0.25) is 5.69 Å². The highest BCUT2D eigenvalue weighted by Gasteiger charge is 2.44. The highest BCUT2D eigenvalue weighted by atomic mass is 35.5. The Hall–Kier alpha value is -3.11. The van der Waals surface area contributed by atoms with E-state index in [1.54, 1.807) is 0 Å². The van der Waals surface area contributed by atoms with Crippen LogP contribution in [0.15, 0.2) is 70.8 Å².